The summed E-state index contributed by atoms with van der Waals surface area (Å²) in [6.07, 6.45) is -14.4. The van der Waals surface area contributed by atoms with Crippen LogP contribution in [0.25, 0.3) is 0 Å². The van der Waals surface area contributed by atoms with E-state index in [1.165, 1.54) is 19.1 Å². The molecule has 0 aliphatic carbocycles. The Kier molecular flexibility index (Phi) is 9.88. The molecule has 0 bridgehead atoms. The van der Waals surface area contributed by atoms with Crippen LogP contribution in [0.5, 0.6) is 0 Å². The van der Waals surface area contributed by atoms with Gasteiger partial charge in [0, 0.05) is 13.1 Å². The van der Waals surface area contributed by atoms with Crippen molar-refractivity contribution in [2.45, 2.75) is 44.3 Å². The molecule has 3 aromatic carbocycles. The molecule has 3 atom stereocenters. The maximum atomic E-state index is 13.3. The van der Waals surface area contributed by atoms with Crippen LogP contribution in [0.15, 0.2) is 72.8 Å². The molecule has 0 aliphatic heterocycles. The van der Waals surface area contributed by atoms with Crippen molar-refractivity contribution in [3.05, 3.63) is 106 Å². The van der Waals surface area contributed by atoms with Crippen molar-refractivity contribution < 1.29 is 45.3 Å². The summed E-state index contributed by atoms with van der Waals surface area (Å²) in [6, 6.07) is 15.3. The van der Waals surface area contributed by atoms with Crippen molar-refractivity contribution in [2.75, 3.05) is 13.2 Å². The van der Waals surface area contributed by atoms with Gasteiger partial charge >= 0.3 is 12.4 Å². The van der Waals surface area contributed by atoms with Crippen LogP contribution in [0, 0.1) is 5.82 Å². The zero-order chi connectivity index (χ0) is 27.9. The van der Waals surface area contributed by atoms with E-state index in [-0.39, 0.29) is 18.2 Å². The molecule has 2 N–H and O–H groups in total. The first kappa shape index (κ1) is 29.6. The Morgan fingerprint density at radius 3 is 1.95 bits per heavy atom. The lowest BCUT2D eigenvalue weighted by molar-refractivity contribution is -0.216. The summed E-state index contributed by atoms with van der Waals surface area (Å²) in [5, 5.41) is 13.9. The predicted octanol–water partition coefficient (Wildman–Crippen LogP) is 6.81. The smallest absolute Gasteiger partial charge is 0.383 e. The summed E-state index contributed by atoms with van der Waals surface area (Å²) in [6.45, 7) is 2.04. The fourth-order valence-corrected chi connectivity index (χ4v) is 3.59. The Labute approximate surface area is 215 Å². The molecule has 0 saturated heterocycles. The number of rotatable bonds is 11. The van der Waals surface area contributed by atoms with Gasteiger partial charge in [-0.15, -0.1) is 0 Å². The van der Waals surface area contributed by atoms with Gasteiger partial charge in [0.05, 0.1) is 23.8 Å². The van der Waals surface area contributed by atoms with Crippen LogP contribution in [-0.4, -0.2) is 24.5 Å². The first-order chi connectivity index (χ1) is 17.8. The highest BCUT2D eigenvalue weighted by molar-refractivity contribution is 5.34. The SMILES string of the molecule is C[C@@H](O[C@@H](OCCNCc1ccccc1)[C@@H](O)c1ccc(F)cc1)c1cc(C(F)(F)F)cc(C(F)(F)F)c1. The number of benzene rings is 3. The summed E-state index contributed by atoms with van der Waals surface area (Å²) >= 11 is 0. The van der Waals surface area contributed by atoms with E-state index in [0.717, 1.165) is 17.7 Å². The Morgan fingerprint density at radius 2 is 1.39 bits per heavy atom. The van der Waals surface area contributed by atoms with Gasteiger partial charge in [-0.3, -0.25) is 0 Å². The van der Waals surface area contributed by atoms with Crippen molar-refractivity contribution >= 4 is 0 Å². The molecule has 3 aromatic rings. The van der Waals surface area contributed by atoms with E-state index in [1.807, 2.05) is 30.3 Å². The number of nitrogens with one attached hydrogen (secondary N) is 1. The fourth-order valence-electron chi connectivity index (χ4n) is 3.59. The molecule has 0 heterocycles. The molecule has 0 aliphatic rings. The maximum Gasteiger partial charge on any atom is 0.416 e. The summed E-state index contributed by atoms with van der Waals surface area (Å²) in [4.78, 5) is 0. The second kappa shape index (κ2) is 12.7. The second-order valence-electron chi connectivity index (χ2n) is 8.52. The van der Waals surface area contributed by atoms with Gasteiger partial charge in [0.15, 0.2) is 6.29 Å². The van der Waals surface area contributed by atoms with E-state index in [1.54, 1.807) is 0 Å². The molecule has 38 heavy (non-hydrogen) atoms. The zero-order valence-corrected chi connectivity index (χ0v) is 20.2. The topological polar surface area (TPSA) is 50.7 Å². The molecule has 0 aromatic heterocycles. The lowest BCUT2D eigenvalue weighted by Crippen LogP contribution is -2.30. The molecule has 0 amide bonds. The third kappa shape index (κ3) is 8.52. The van der Waals surface area contributed by atoms with Gasteiger partial charge in [-0.2, -0.15) is 26.3 Å². The van der Waals surface area contributed by atoms with Crippen LogP contribution < -0.4 is 5.32 Å². The number of ether oxygens (including phenoxy) is 2. The number of aliphatic hydroxyl groups excluding tert-OH is 1. The number of hydrogen-bond donors (Lipinski definition) is 2. The normalized spacial score (nSPS) is 14.8. The van der Waals surface area contributed by atoms with Gasteiger partial charge in [0.1, 0.15) is 11.9 Å². The molecule has 0 fully saturated rings. The van der Waals surface area contributed by atoms with Crippen LogP contribution in [0.2, 0.25) is 0 Å². The molecule has 3 rings (SSSR count). The lowest BCUT2D eigenvalue weighted by Gasteiger charge is -2.28. The molecule has 0 radical (unpaired) electrons. The first-order valence-electron chi connectivity index (χ1n) is 11.6. The largest absolute Gasteiger partial charge is 0.416 e. The van der Waals surface area contributed by atoms with E-state index in [9.17, 15) is 35.8 Å². The summed E-state index contributed by atoms with van der Waals surface area (Å²) in [5.41, 5.74) is -2.20. The minimum atomic E-state index is -5.02. The monoisotopic (exact) mass is 545 g/mol. The summed E-state index contributed by atoms with van der Waals surface area (Å²) in [5.74, 6) is -0.568. The predicted molar refractivity (Wildman–Crippen MR) is 125 cm³/mol. The third-order valence-electron chi connectivity index (χ3n) is 5.62. The van der Waals surface area contributed by atoms with Crippen LogP contribution >= 0.6 is 0 Å². The summed E-state index contributed by atoms with van der Waals surface area (Å²) in [7, 11) is 0. The quantitative estimate of drug-likeness (QED) is 0.158. The molecule has 0 saturated carbocycles. The van der Waals surface area contributed by atoms with Crippen molar-refractivity contribution in [1.29, 1.82) is 0 Å². The minimum absolute atomic E-state index is 0.0150. The minimum Gasteiger partial charge on any atom is -0.383 e. The lowest BCUT2D eigenvalue weighted by atomic mass is 10.0. The zero-order valence-electron chi connectivity index (χ0n) is 20.2. The molecule has 0 spiro atoms. The van der Waals surface area contributed by atoms with E-state index in [4.69, 9.17) is 9.47 Å². The average Bonchev–Trinajstić information content (AvgIpc) is 2.87. The van der Waals surface area contributed by atoms with Crippen LogP contribution in [0.1, 0.15) is 46.9 Å². The van der Waals surface area contributed by atoms with Gasteiger partial charge in [-0.25, -0.2) is 4.39 Å². The van der Waals surface area contributed by atoms with Gasteiger partial charge in [-0.05, 0) is 53.9 Å². The number of halogens is 7. The van der Waals surface area contributed by atoms with Gasteiger partial charge in [0.2, 0.25) is 0 Å². The van der Waals surface area contributed by atoms with Crippen LogP contribution in [0.3, 0.4) is 0 Å². The fraction of sp³-hybridized carbons (Fsp3) is 0.333. The average molecular weight is 545 g/mol. The van der Waals surface area contributed by atoms with Crippen molar-refractivity contribution in [3.63, 3.8) is 0 Å². The second-order valence-corrected chi connectivity index (χ2v) is 8.52. The van der Waals surface area contributed by atoms with E-state index in [0.29, 0.717) is 25.2 Å². The molecular weight excluding hydrogens is 519 g/mol. The maximum absolute atomic E-state index is 13.3. The third-order valence-corrected chi connectivity index (χ3v) is 5.62. The van der Waals surface area contributed by atoms with Crippen LogP contribution in [0.4, 0.5) is 30.7 Å². The number of aliphatic hydroxyl groups is 1. The van der Waals surface area contributed by atoms with Gasteiger partial charge in [-0.1, -0.05) is 42.5 Å². The highest BCUT2D eigenvalue weighted by atomic mass is 19.4. The van der Waals surface area contributed by atoms with Gasteiger partial charge < -0.3 is 19.9 Å². The number of alkyl halides is 6. The Hall–Kier alpha value is -2.99. The van der Waals surface area contributed by atoms with Crippen molar-refractivity contribution in [1.82, 2.24) is 5.32 Å². The first-order valence-corrected chi connectivity index (χ1v) is 11.6. The Bertz CT molecular complexity index is 1120. The highest BCUT2D eigenvalue weighted by Gasteiger charge is 2.38. The van der Waals surface area contributed by atoms with E-state index in [2.05, 4.69) is 5.32 Å². The van der Waals surface area contributed by atoms with E-state index >= 15 is 0 Å². The Morgan fingerprint density at radius 1 is 0.816 bits per heavy atom. The molecule has 0 unspecified atom stereocenters. The molecule has 11 heteroatoms. The summed E-state index contributed by atoms with van der Waals surface area (Å²) < 4.78 is 104. The molecular formula is C27H26F7NO3. The standard InChI is InChI=1S/C27H26F7NO3/c1-17(20-13-21(26(29,30)31)15-22(14-20)27(32,33)34)38-25(24(36)19-7-9-23(28)10-8-19)37-12-11-35-16-18-5-3-2-4-6-18/h2-10,13-15,17,24-25,35-36H,11-12,16H2,1H3/t17-,24+,25-/m1/s1. The van der Waals surface area contributed by atoms with Crippen LogP contribution in [-0.2, 0) is 28.4 Å². The van der Waals surface area contributed by atoms with Gasteiger partial charge in [0.25, 0.3) is 0 Å². The Balaban J connectivity index is 1.77. The molecule has 4 nitrogen and oxygen atoms in total. The number of hydrogen-bond acceptors (Lipinski definition) is 4. The van der Waals surface area contributed by atoms with Crippen molar-refractivity contribution in [2.24, 2.45) is 0 Å². The van der Waals surface area contributed by atoms with E-state index < -0.39 is 53.4 Å². The van der Waals surface area contributed by atoms with Crippen molar-refractivity contribution in [3.8, 4) is 0 Å². The molecule has 206 valence electrons. The highest BCUT2D eigenvalue weighted by Crippen LogP contribution is 2.38.